The van der Waals surface area contributed by atoms with E-state index in [2.05, 4.69) is 5.32 Å². The van der Waals surface area contributed by atoms with Gasteiger partial charge in [0.1, 0.15) is 5.75 Å². The van der Waals surface area contributed by atoms with Crippen molar-refractivity contribution in [1.82, 2.24) is 0 Å². The van der Waals surface area contributed by atoms with E-state index in [0.717, 1.165) is 28.4 Å². The average Bonchev–Trinajstić information content (AvgIpc) is 2.37. The molecule has 0 saturated carbocycles. The highest BCUT2D eigenvalue weighted by atomic mass is 16.5. The molecule has 0 bridgehead atoms. The van der Waals surface area contributed by atoms with E-state index >= 15 is 0 Å². The third-order valence-electron chi connectivity index (χ3n) is 2.75. The molecule has 0 aliphatic carbocycles. The maximum Gasteiger partial charge on any atom is 0.142 e. The molecule has 2 aromatic rings. The van der Waals surface area contributed by atoms with Crippen LogP contribution in [0.3, 0.4) is 0 Å². The lowest BCUT2D eigenvalue weighted by Crippen LogP contribution is -1.98. The summed E-state index contributed by atoms with van der Waals surface area (Å²) in [5, 5.41) is 3.32. The highest BCUT2D eigenvalue weighted by molar-refractivity contribution is 5.69. The molecule has 0 aliphatic heterocycles. The fourth-order valence-electron chi connectivity index (χ4n) is 1.73. The number of aryl methyl sites for hydroxylation is 1. The Kier molecular flexibility index (Phi) is 3.72. The third-order valence-corrected chi connectivity index (χ3v) is 2.75. The Morgan fingerprint density at radius 1 is 1.17 bits per heavy atom. The van der Waals surface area contributed by atoms with Gasteiger partial charge in [-0.25, -0.2) is 0 Å². The van der Waals surface area contributed by atoms with Crippen LogP contribution in [0, 0.1) is 6.92 Å². The molecule has 0 radical (unpaired) electrons. The second kappa shape index (κ2) is 5.45. The van der Waals surface area contributed by atoms with Crippen molar-refractivity contribution in [2.75, 3.05) is 17.7 Å². The van der Waals surface area contributed by atoms with E-state index < -0.39 is 0 Å². The Bertz CT molecular complexity index is 538. The number of anilines is 3. The van der Waals surface area contributed by atoms with E-state index in [0.29, 0.717) is 6.61 Å². The monoisotopic (exact) mass is 242 g/mol. The van der Waals surface area contributed by atoms with Crippen LogP contribution in [-0.2, 0) is 0 Å². The molecule has 3 N–H and O–H groups in total. The number of nitrogens with one attached hydrogen (secondary N) is 1. The molecule has 0 spiro atoms. The molecular formula is C15H18N2O. The summed E-state index contributed by atoms with van der Waals surface area (Å²) in [6.07, 6.45) is 0. The van der Waals surface area contributed by atoms with E-state index in [1.807, 2.05) is 56.3 Å². The van der Waals surface area contributed by atoms with Crippen LogP contribution in [0.1, 0.15) is 12.5 Å². The Hall–Kier alpha value is -2.16. The van der Waals surface area contributed by atoms with Gasteiger partial charge in [0.15, 0.2) is 0 Å². The van der Waals surface area contributed by atoms with Crippen molar-refractivity contribution in [2.24, 2.45) is 0 Å². The van der Waals surface area contributed by atoms with Gasteiger partial charge in [0.2, 0.25) is 0 Å². The van der Waals surface area contributed by atoms with Gasteiger partial charge in [0.05, 0.1) is 12.3 Å². The minimum absolute atomic E-state index is 0.648. The van der Waals surface area contributed by atoms with Crippen molar-refractivity contribution in [1.29, 1.82) is 0 Å². The van der Waals surface area contributed by atoms with Gasteiger partial charge < -0.3 is 15.8 Å². The van der Waals surface area contributed by atoms with E-state index in [9.17, 15) is 0 Å². The highest BCUT2D eigenvalue weighted by Crippen LogP contribution is 2.28. The zero-order valence-corrected chi connectivity index (χ0v) is 10.7. The van der Waals surface area contributed by atoms with Crippen LogP contribution < -0.4 is 15.8 Å². The molecule has 94 valence electrons. The van der Waals surface area contributed by atoms with E-state index in [1.165, 1.54) is 0 Å². The van der Waals surface area contributed by atoms with Crippen molar-refractivity contribution in [2.45, 2.75) is 13.8 Å². The van der Waals surface area contributed by atoms with Crippen molar-refractivity contribution < 1.29 is 4.74 Å². The first-order valence-electron chi connectivity index (χ1n) is 6.05. The highest BCUT2D eigenvalue weighted by Gasteiger charge is 2.03. The average molecular weight is 242 g/mol. The summed E-state index contributed by atoms with van der Waals surface area (Å²) < 4.78 is 5.57. The number of nitrogens with two attached hydrogens (primary N) is 1. The lowest BCUT2D eigenvalue weighted by Gasteiger charge is -2.13. The predicted molar refractivity (Wildman–Crippen MR) is 76.5 cm³/mol. The van der Waals surface area contributed by atoms with Gasteiger partial charge in [-0.2, -0.15) is 0 Å². The lowest BCUT2D eigenvalue weighted by molar-refractivity contribution is 0.342. The van der Waals surface area contributed by atoms with Gasteiger partial charge in [-0.05, 0) is 43.7 Å². The number of hydrogen-bond donors (Lipinski definition) is 2. The Morgan fingerprint density at radius 2 is 1.94 bits per heavy atom. The van der Waals surface area contributed by atoms with Crippen molar-refractivity contribution in [3.8, 4) is 5.75 Å². The first-order chi connectivity index (χ1) is 8.70. The normalized spacial score (nSPS) is 10.1. The summed E-state index contributed by atoms with van der Waals surface area (Å²) in [4.78, 5) is 0. The van der Waals surface area contributed by atoms with Crippen LogP contribution in [0.2, 0.25) is 0 Å². The molecule has 0 heterocycles. The Balaban J connectivity index is 2.25. The first kappa shape index (κ1) is 12.3. The van der Waals surface area contributed by atoms with Crippen LogP contribution in [0.4, 0.5) is 17.1 Å². The third kappa shape index (κ3) is 2.74. The molecule has 18 heavy (non-hydrogen) atoms. The quantitative estimate of drug-likeness (QED) is 0.803. The number of rotatable bonds is 4. The molecule has 0 atom stereocenters. The smallest absolute Gasteiger partial charge is 0.142 e. The van der Waals surface area contributed by atoms with Gasteiger partial charge in [0, 0.05) is 11.4 Å². The Morgan fingerprint density at radius 3 is 2.67 bits per heavy atom. The van der Waals surface area contributed by atoms with Gasteiger partial charge in [0.25, 0.3) is 0 Å². The van der Waals surface area contributed by atoms with Gasteiger partial charge in [-0.1, -0.05) is 18.2 Å². The van der Waals surface area contributed by atoms with Crippen molar-refractivity contribution in [3.05, 3.63) is 48.0 Å². The second-order valence-corrected chi connectivity index (χ2v) is 4.13. The van der Waals surface area contributed by atoms with Crippen LogP contribution in [0.25, 0.3) is 0 Å². The molecular weight excluding hydrogens is 224 g/mol. The molecule has 0 saturated heterocycles. The second-order valence-electron chi connectivity index (χ2n) is 4.13. The van der Waals surface area contributed by atoms with Crippen LogP contribution in [0.5, 0.6) is 5.75 Å². The van der Waals surface area contributed by atoms with E-state index in [1.54, 1.807) is 0 Å². The molecule has 0 aromatic heterocycles. The summed E-state index contributed by atoms with van der Waals surface area (Å²) >= 11 is 0. The van der Waals surface area contributed by atoms with Crippen LogP contribution in [-0.4, -0.2) is 6.61 Å². The SMILES string of the molecule is CCOc1ccccc1Nc1ccc(C)c(N)c1. The maximum atomic E-state index is 5.90. The maximum absolute atomic E-state index is 5.90. The fourth-order valence-corrected chi connectivity index (χ4v) is 1.73. The molecule has 0 unspecified atom stereocenters. The number of hydrogen-bond acceptors (Lipinski definition) is 3. The minimum atomic E-state index is 0.648. The topological polar surface area (TPSA) is 47.3 Å². The molecule has 0 aliphatic rings. The Labute approximate surface area is 108 Å². The molecule has 0 fully saturated rings. The van der Waals surface area contributed by atoms with Gasteiger partial charge >= 0.3 is 0 Å². The predicted octanol–water partition coefficient (Wildman–Crippen LogP) is 3.72. The summed E-state index contributed by atoms with van der Waals surface area (Å²) in [6.45, 7) is 4.61. The fraction of sp³-hybridized carbons (Fsp3) is 0.200. The van der Waals surface area contributed by atoms with Crippen LogP contribution in [0.15, 0.2) is 42.5 Å². The lowest BCUT2D eigenvalue weighted by atomic mass is 10.2. The van der Waals surface area contributed by atoms with Gasteiger partial charge in [-0.15, -0.1) is 0 Å². The molecule has 3 nitrogen and oxygen atoms in total. The molecule has 2 aromatic carbocycles. The number of para-hydroxylation sites is 2. The molecule has 2 rings (SSSR count). The van der Waals surface area contributed by atoms with Crippen LogP contribution >= 0.6 is 0 Å². The van der Waals surface area contributed by atoms with Crippen molar-refractivity contribution in [3.63, 3.8) is 0 Å². The van der Waals surface area contributed by atoms with Gasteiger partial charge in [-0.3, -0.25) is 0 Å². The summed E-state index contributed by atoms with van der Waals surface area (Å²) in [5.41, 5.74) is 9.68. The molecule has 0 amide bonds. The zero-order chi connectivity index (χ0) is 13.0. The number of benzene rings is 2. The standard InChI is InChI=1S/C15H18N2O/c1-3-18-15-7-5-4-6-14(15)17-12-9-8-11(2)13(16)10-12/h4-10,17H,3,16H2,1-2H3. The molecule has 3 heteroatoms. The number of ether oxygens (including phenoxy) is 1. The number of nitrogen functional groups attached to an aromatic ring is 1. The summed E-state index contributed by atoms with van der Waals surface area (Å²) in [7, 11) is 0. The summed E-state index contributed by atoms with van der Waals surface area (Å²) in [5.74, 6) is 0.846. The minimum Gasteiger partial charge on any atom is -0.492 e. The van der Waals surface area contributed by atoms with E-state index in [4.69, 9.17) is 10.5 Å². The largest absolute Gasteiger partial charge is 0.492 e. The van der Waals surface area contributed by atoms with Crippen molar-refractivity contribution >= 4 is 17.1 Å². The van der Waals surface area contributed by atoms with E-state index in [-0.39, 0.29) is 0 Å². The summed E-state index contributed by atoms with van der Waals surface area (Å²) in [6, 6.07) is 13.8. The first-order valence-corrected chi connectivity index (χ1v) is 6.05. The zero-order valence-electron chi connectivity index (χ0n) is 10.7.